The van der Waals surface area contributed by atoms with Crippen molar-refractivity contribution in [3.63, 3.8) is 0 Å². The molecule has 1 aromatic carbocycles. The van der Waals surface area contributed by atoms with Crippen LogP contribution in [0.1, 0.15) is 18.4 Å². The molecule has 0 saturated carbocycles. The van der Waals surface area contributed by atoms with Gasteiger partial charge in [-0.25, -0.2) is 0 Å². The largest absolute Gasteiger partial charge is 0.417 e. The van der Waals surface area contributed by atoms with Crippen molar-refractivity contribution in [2.75, 3.05) is 45.2 Å². The monoisotopic (exact) mass is 421 g/mol. The number of rotatable bonds is 6. The van der Waals surface area contributed by atoms with E-state index in [1.54, 1.807) is 0 Å². The molecule has 1 heterocycles. The van der Waals surface area contributed by atoms with Gasteiger partial charge in [-0.1, -0.05) is 11.6 Å². The van der Waals surface area contributed by atoms with Gasteiger partial charge in [-0.2, -0.15) is 13.2 Å². The van der Waals surface area contributed by atoms with Gasteiger partial charge in [-0.05, 0) is 43.5 Å². The molecule has 1 fully saturated rings. The first-order chi connectivity index (χ1) is 13.1. The summed E-state index contributed by atoms with van der Waals surface area (Å²) >= 11 is 5.55. The summed E-state index contributed by atoms with van der Waals surface area (Å²) in [6.45, 7) is 1.27. The minimum Gasteiger partial charge on any atom is -0.396 e. The Kier molecular flexibility index (Phi) is 7.68. The number of piperidine rings is 1. The summed E-state index contributed by atoms with van der Waals surface area (Å²) in [4.78, 5) is 27.5. The van der Waals surface area contributed by atoms with Crippen LogP contribution in [-0.2, 0) is 15.8 Å². The summed E-state index contributed by atoms with van der Waals surface area (Å²) < 4.78 is 38.7. The lowest BCUT2D eigenvalue weighted by Gasteiger charge is -2.32. The summed E-state index contributed by atoms with van der Waals surface area (Å²) in [5.74, 6) is -0.748. The van der Waals surface area contributed by atoms with E-state index in [4.69, 9.17) is 11.6 Å². The predicted molar refractivity (Wildman–Crippen MR) is 99.0 cm³/mol. The molecular formula is C18H23ClF3N3O3. The zero-order valence-corrected chi connectivity index (χ0v) is 16.2. The standard InChI is InChI=1S/C18H23ClF3N3O3/c1-24(17(28)10-25-6-2-3-12(8-25)11-26)9-16(27)23-13-4-5-15(19)14(7-13)18(20,21)22/h4-5,7,12,26H,2-3,6,8-11H2,1H3,(H,23,27). The van der Waals surface area contributed by atoms with Gasteiger partial charge < -0.3 is 15.3 Å². The topological polar surface area (TPSA) is 72.9 Å². The van der Waals surface area contributed by atoms with Crippen LogP contribution in [0.25, 0.3) is 0 Å². The van der Waals surface area contributed by atoms with Crippen molar-refractivity contribution < 1.29 is 27.9 Å². The van der Waals surface area contributed by atoms with E-state index < -0.39 is 22.7 Å². The van der Waals surface area contributed by atoms with Gasteiger partial charge in [0.15, 0.2) is 0 Å². The quantitative estimate of drug-likeness (QED) is 0.740. The number of likely N-dealkylation sites (tertiary alicyclic amines) is 1. The molecule has 1 saturated heterocycles. The Labute approximate surface area is 166 Å². The van der Waals surface area contributed by atoms with E-state index in [-0.39, 0.29) is 37.2 Å². The fraction of sp³-hybridized carbons (Fsp3) is 0.556. The second-order valence-corrected chi connectivity index (χ2v) is 7.32. The number of anilines is 1. The molecule has 1 atom stereocenters. The number of likely N-dealkylation sites (N-methyl/N-ethyl adjacent to an activating group) is 1. The van der Waals surface area contributed by atoms with E-state index in [0.717, 1.165) is 31.5 Å². The molecule has 2 rings (SSSR count). The predicted octanol–water partition coefficient (Wildman–Crippen LogP) is 2.46. The van der Waals surface area contributed by atoms with Crippen molar-refractivity contribution in [3.8, 4) is 0 Å². The Morgan fingerprint density at radius 2 is 2.11 bits per heavy atom. The molecule has 2 N–H and O–H groups in total. The molecule has 2 amide bonds. The first-order valence-corrected chi connectivity index (χ1v) is 9.21. The minimum absolute atomic E-state index is 0.0515. The number of carbonyl (C=O) groups excluding carboxylic acids is 2. The molecule has 10 heteroatoms. The molecule has 0 bridgehead atoms. The number of carbonyl (C=O) groups is 2. The van der Waals surface area contributed by atoms with Crippen molar-refractivity contribution in [2.45, 2.75) is 19.0 Å². The molecule has 28 heavy (non-hydrogen) atoms. The second-order valence-electron chi connectivity index (χ2n) is 6.92. The third-order valence-electron chi connectivity index (χ3n) is 4.58. The number of hydrogen-bond acceptors (Lipinski definition) is 4. The maximum absolute atomic E-state index is 12.9. The Bertz CT molecular complexity index is 715. The number of alkyl halides is 3. The van der Waals surface area contributed by atoms with E-state index in [1.165, 1.54) is 18.0 Å². The van der Waals surface area contributed by atoms with Crippen molar-refractivity contribution in [1.29, 1.82) is 0 Å². The summed E-state index contributed by atoms with van der Waals surface area (Å²) in [6.07, 6.45) is -2.83. The average Bonchev–Trinajstić information content (AvgIpc) is 2.62. The van der Waals surface area contributed by atoms with E-state index in [9.17, 15) is 27.9 Å². The van der Waals surface area contributed by atoms with Crippen LogP contribution in [0.4, 0.5) is 18.9 Å². The Balaban J connectivity index is 1.89. The average molecular weight is 422 g/mol. The third-order valence-corrected chi connectivity index (χ3v) is 4.91. The highest BCUT2D eigenvalue weighted by Gasteiger charge is 2.33. The first-order valence-electron chi connectivity index (χ1n) is 8.84. The van der Waals surface area contributed by atoms with Crippen molar-refractivity contribution in [2.24, 2.45) is 5.92 Å². The lowest BCUT2D eigenvalue weighted by Crippen LogP contribution is -2.45. The molecular weight excluding hydrogens is 399 g/mol. The molecule has 1 aliphatic rings. The first kappa shape index (κ1) is 22.4. The number of nitrogens with one attached hydrogen (secondary N) is 1. The van der Waals surface area contributed by atoms with Crippen molar-refractivity contribution >= 4 is 29.1 Å². The zero-order chi connectivity index (χ0) is 20.9. The molecule has 0 spiro atoms. The number of nitrogens with zero attached hydrogens (tertiary/aromatic N) is 2. The molecule has 1 aliphatic heterocycles. The Hall–Kier alpha value is -1.84. The maximum atomic E-state index is 12.9. The number of aliphatic hydroxyl groups is 1. The Morgan fingerprint density at radius 3 is 2.75 bits per heavy atom. The van der Waals surface area contributed by atoms with Crippen LogP contribution >= 0.6 is 11.6 Å². The number of amides is 2. The van der Waals surface area contributed by atoms with E-state index in [2.05, 4.69) is 5.32 Å². The summed E-state index contributed by atoms with van der Waals surface area (Å²) in [7, 11) is 1.46. The molecule has 1 unspecified atom stereocenters. The third kappa shape index (κ3) is 6.35. The maximum Gasteiger partial charge on any atom is 0.417 e. The van der Waals surface area contributed by atoms with Crippen LogP contribution in [0.2, 0.25) is 5.02 Å². The molecule has 6 nitrogen and oxygen atoms in total. The zero-order valence-electron chi connectivity index (χ0n) is 15.4. The van der Waals surface area contributed by atoms with Gasteiger partial charge in [-0.15, -0.1) is 0 Å². The Morgan fingerprint density at radius 1 is 1.39 bits per heavy atom. The number of halogens is 4. The highest BCUT2D eigenvalue weighted by atomic mass is 35.5. The van der Waals surface area contributed by atoms with Gasteiger partial charge in [0.25, 0.3) is 0 Å². The van der Waals surface area contributed by atoms with E-state index in [0.29, 0.717) is 6.54 Å². The summed E-state index contributed by atoms with van der Waals surface area (Å²) in [5, 5.41) is 11.1. The van der Waals surface area contributed by atoms with E-state index in [1.807, 2.05) is 4.90 Å². The van der Waals surface area contributed by atoms with Crippen molar-refractivity contribution in [3.05, 3.63) is 28.8 Å². The summed E-state index contributed by atoms with van der Waals surface area (Å²) in [5.41, 5.74) is -1.09. The minimum atomic E-state index is -4.63. The lowest BCUT2D eigenvalue weighted by atomic mass is 9.99. The van der Waals surface area contributed by atoms with Crippen molar-refractivity contribution in [1.82, 2.24) is 9.80 Å². The molecule has 156 valence electrons. The second kappa shape index (κ2) is 9.58. The van der Waals surface area contributed by atoms with Crippen LogP contribution in [0.3, 0.4) is 0 Å². The fourth-order valence-corrected chi connectivity index (χ4v) is 3.30. The van der Waals surface area contributed by atoms with Gasteiger partial charge in [0.1, 0.15) is 0 Å². The smallest absolute Gasteiger partial charge is 0.396 e. The van der Waals surface area contributed by atoms with Gasteiger partial charge >= 0.3 is 6.18 Å². The summed E-state index contributed by atoms with van der Waals surface area (Å²) in [6, 6.07) is 3.08. The van der Waals surface area contributed by atoms with Gasteiger partial charge in [0.2, 0.25) is 11.8 Å². The molecule has 0 radical (unpaired) electrons. The highest BCUT2D eigenvalue weighted by molar-refractivity contribution is 6.31. The van der Waals surface area contributed by atoms with E-state index >= 15 is 0 Å². The van der Waals surface area contributed by atoms with Crippen LogP contribution in [0, 0.1) is 5.92 Å². The molecule has 0 aliphatic carbocycles. The molecule has 0 aromatic heterocycles. The van der Waals surface area contributed by atoms with Crippen LogP contribution < -0.4 is 5.32 Å². The normalized spacial score (nSPS) is 18.0. The van der Waals surface area contributed by atoms with Gasteiger partial charge in [-0.3, -0.25) is 14.5 Å². The molecule has 1 aromatic rings. The number of aliphatic hydroxyl groups excluding tert-OH is 1. The van der Waals surface area contributed by atoms with Gasteiger partial charge in [0, 0.05) is 25.9 Å². The lowest BCUT2D eigenvalue weighted by molar-refractivity contribution is -0.137. The number of hydrogen-bond donors (Lipinski definition) is 2. The van der Waals surface area contributed by atoms with Gasteiger partial charge in [0.05, 0.1) is 23.7 Å². The van der Waals surface area contributed by atoms with Crippen LogP contribution in [0.5, 0.6) is 0 Å². The van der Waals surface area contributed by atoms with Crippen LogP contribution in [-0.4, -0.2) is 66.6 Å². The number of benzene rings is 1. The van der Waals surface area contributed by atoms with Crippen LogP contribution in [0.15, 0.2) is 18.2 Å². The SMILES string of the molecule is CN(CC(=O)Nc1ccc(Cl)c(C(F)(F)F)c1)C(=O)CN1CCCC(CO)C1. The fourth-order valence-electron chi connectivity index (χ4n) is 3.08. The highest BCUT2D eigenvalue weighted by Crippen LogP contribution is 2.36.